The smallest absolute Gasteiger partial charge is 0.144 e. The summed E-state index contributed by atoms with van der Waals surface area (Å²) in [5.41, 5.74) is 7.59. The van der Waals surface area contributed by atoms with Crippen molar-refractivity contribution in [2.45, 2.75) is 13.0 Å². The van der Waals surface area contributed by atoms with E-state index in [1.54, 1.807) is 38.9 Å². The quantitative estimate of drug-likeness (QED) is 0.935. The van der Waals surface area contributed by atoms with E-state index >= 15 is 0 Å². The minimum Gasteiger partial charge on any atom is -0.495 e. The summed E-state index contributed by atoms with van der Waals surface area (Å²) in [6.45, 7) is 1.90. The van der Waals surface area contributed by atoms with Crippen LogP contribution in [0.4, 0.5) is 0 Å². The number of hydrogen-bond donors (Lipinski definition) is 1. The molecule has 1 unspecified atom stereocenters. The van der Waals surface area contributed by atoms with Crippen LogP contribution in [0.5, 0.6) is 11.5 Å². The van der Waals surface area contributed by atoms with Gasteiger partial charge in [-0.05, 0) is 6.92 Å². The Morgan fingerprint density at radius 3 is 2.53 bits per heavy atom. The molecule has 0 fully saturated rings. The Kier molecular flexibility index (Phi) is 3.97. The predicted octanol–water partition coefficient (Wildman–Crippen LogP) is 2.56. The summed E-state index contributed by atoms with van der Waals surface area (Å²) >= 11 is 6.09. The Bertz CT molecular complexity index is 581. The van der Waals surface area contributed by atoms with Gasteiger partial charge in [-0.1, -0.05) is 11.6 Å². The number of ether oxygens (including phenoxy) is 2. The van der Waals surface area contributed by atoms with E-state index in [0.717, 1.165) is 11.4 Å². The standard InChI is InChI=1S/C13H16ClN3O2/c1-8(15)11-6-16-7-17(11)10-5-12(18-2)9(14)4-13(10)19-3/h4-8H,15H2,1-3H3. The highest BCUT2D eigenvalue weighted by atomic mass is 35.5. The molecule has 102 valence electrons. The lowest BCUT2D eigenvalue weighted by Gasteiger charge is -2.16. The van der Waals surface area contributed by atoms with Gasteiger partial charge in [0.1, 0.15) is 11.5 Å². The molecule has 5 nitrogen and oxygen atoms in total. The minimum absolute atomic E-state index is 0.145. The third kappa shape index (κ3) is 2.52. The van der Waals surface area contributed by atoms with Crippen LogP contribution in [-0.4, -0.2) is 23.8 Å². The molecular formula is C13H16ClN3O2. The van der Waals surface area contributed by atoms with Gasteiger partial charge in [-0.15, -0.1) is 0 Å². The third-order valence-corrected chi connectivity index (χ3v) is 3.14. The maximum absolute atomic E-state index is 6.09. The number of nitrogens with two attached hydrogens (primary N) is 1. The second kappa shape index (κ2) is 5.50. The molecule has 0 saturated carbocycles. The van der Waals surface area contributed by atoms with Crippen molar-refractivity contribution in [3.05, 3.63) is 35.4 Å². The summed E-state index contributed by atoms with van der Waals surface area (Å²) in [6.07, 6.45) is 3.41. The van der Waals surface area contributed by atoms with Gasteiger partial charge >= 0.3 is 0 Å². The van der Waals surface area contributed by atoms with Crippen LogP contribution in [0.25, 0.3) is 5.69 Å². The molecule has 0 aliphatic rings. The number of nitrogens with zero attached hydrogens (tertiary/aromatic N) is 2. The van der Waals surface area contributed by atoms with Crippen LogP contribution < -0.4 is 15.2 Å². The van der Waals surface area contributed by atoms with E-state index in [4.69, 9.17) is 26.8 Å². The van der Waals surface area contributed by atoms with Crippen molar-refractivity contribution < 1.29 is 9.47 Å². The number of benzene rings is 1. The Hall–Kier alpha value is -1.72. The first-order valence-corrected chi connectivity index (χ1v) is 6.16. The zero-order valence-corrected chi connectivity index (χ0v) is 11.8. The molecule has 2 rings (SSSR count). The molecule has 2 N–H and O–H groups in total. The molecule has 0 saturated heterocycles. The number of aromatic nitrogens is 2. The van der Waals surface area contributed by atoms with Gasteiger partial charge in [0.25, 0.3) is 0 Å². The molecule has 0 aliphatic heterocycles. The van der Waals surface area contributed by atoms with Gasteiger partial charge in [-0.25, -0.2) is 4.98 Å². The number of halogens is 1. The van der Waals surface area contributed by atoms with Crippen molar-refractivity contribution in [3.8, 4) is 17.2 Å². The van der Waals surface area contributed by atoms with Crippen molar-refractivity contribution in [2.75, 3.05) is 14.2 Å². The van der Waals surface area contributed by atoms with Crippen molar-refractivity contribution in [2.24, 2.45) is 5.73 Å². The zero-order valence-electron chi connectivity index (χ0n) is 11.1. The minimum atomic E-state index is -0.145. The first kappa shape index (κ1) is 13.7. The third-order valence-electron chi connectivity index (χ3n) is 2.85. The van der Waals surface area contributed by atoms with Gasteiger partial charge in [0, 0.05) is 18.2 Å². The normalized spacial score (nSPS) is 12.3. The van der Waals surface area contributed by atoms with Crippen LogP contribution in [0.15, 0.2) is 24.7 Å². The molecule has 0 bridgehead atoms. The monoisotopic (exact) mass is 281 g/mol. The van der Waals surface area contributed by atoms with E-state index in [0.29, 0.717) is 16.5 Å². The van der Waals surface area contributed by atoms with Crippen LogP contribution in [0.2, 0.25) is 5.02 Å². The molecule has 6 heteroatoms. The van der Waals surface area contributed by atoms with E-state index < -0.39 is 0 Å². The Balaban J connectivity index is 2.63. The molecule has 1 aromatic heterocycles. The molecule has 1 atom stereocenters. The van der Waals surface area contributed by atoms with Crippen LogP contribution in [0.3, 0.4) is 0 Å². The Morgan fingerprint density at radius 1 is 1.26 bits per heavy atom. The molecule has 19 heavy (non-hydrogen) atoms. The molecular weight excluding hydrogens is 266 g/mol. The Morgan fingerprint density at radius 2 is 1.95 bits per heavy atom. The average molecular weight is 282 g/mol. The van der Waals surface area contributed by atoms with Crippen molar-refractivity contribution in [3.63, 3.8) is 0 Å². The summed E-state index contributed by atoms with van der Waals surface area (Å²) in [4.78, 5) is 4.13. The van der Waals surface area contributed by atoms with Crippen molar-refractivity contribution in [1.82, 2.24) is 9.55 Å². The lowest BCUT2D eigenvalue weighted by molar-refractivity contribution is 0.401. The van der Waals surface area contributed by atoms with E-state index in [9.17, 15) is 0 Å². The Labute approximate surface area is 116 Å². The predicted molar refractivity (Wildman–Crippen MR) is 74.3 cm³/mol. The molecule has 1 aromatic carbocycles. The van der Waals surface area contributed by atoms with Crippen molar-refractivity contribution in [1.29, 1.82) is 0 Å². The van der Waals surface area contributed by atoms with E-state index in [-0.39, 0.29) is 6.04 Å². The molecule has 0 spiro atoms. The second-order valence-electron chi connectivity index (χ2n) is 4.14. The lowest BCUT2D eigenvalue weighted by atomic mass is 10.2. The summed E-state index contributed by atoms with van der Waals surface area (Å²) < 4.78 is 12.4. The fraction of sp³-hybridized carbons (Fsp3) is 0.308. The number of methoxy groups -OCH3 is 2. The molecule has 1 heterocycles. The maximum atomic E-state index is 6.09. The second-order valence-corrected chi connectivity index (χ2v) is 4.54. The van der Waals surface area contributed by atoms with Crippen LogP contribution >= 0.6 is 11.6 Å². The summed E-state index contributed by atoms with van der Waals surface area (Å²) in [5, 5.41) is 0.491. The lowest BCUT2D eigenvalue weighted by Crippen LogP contribution is -2.11. The fourth-order valence-electron chi connectivity index (χ4n) is 1.88. The topological polar surface area (TPSA) is 62.3 Å². The molecule has 0 radical (unpaired) electrons. The first-order valence-electron chi connectivity index (χ1n) is 5.78. The summed E-state index contributed by atoms with van der Waals surface area (Å²) in [5.74, 6) is 1.20. The van der Waals surface area contributed by atoms with E-state index in [2.05, 4.69) is 4.98 Å². The fourth-order valence-corrected chi connectivity index (χ4v) is 2.11. The van der Waals surface area contributed by atoms with Gasteiger partial charge in [0.05, 0.1) is 43.1 Å². The highest BCUT2D eigenvalue weighted by molar-refractivity contribution is 6.32. The van der Waals surface area contributed by atoms with Gasteiger partial charge in [-0.2, -0.15) is 0 Å². The van der Waals surface area contributed by atoms with Crippen LogP contribution in [-0.2, 0) is 0 Å². The van der Waals surface area contributed by atoms with Gasteiger partial charge < -0.3 is 15.2 Å². The van der Waals surface area contributed by atoms with Gasteiger partial charge in [0.15, 0.2) is 0 Å². The van der Waals surface area contributed by atoms with Crippen LogP contribution in [0, 0.1) is 0 Å². The van der Waals surface area contributed by atoms with Gasteiger partial charge in [-0.3, -0.25) is 4.57 Å². The van der Waals surface area contributed by atoms with E-state index in [1.165, 1.54) is 0 Å². The maximum Gasteiger partial charge on any atom is 0.144 e. The zero-order chi connectivity index (χ0) is 14.0. The molecule has 0 aliphatic carbocycles. The first-order chi connectivity index (χ1) is 9.08. The largest absolute Gasteiger partial charge is 0.495 e. The number of imidazole rings is 1. The molecule has 2 aromatic rings. The molecule has 0 amide bonds. The summed E-state index contributed by atoms with van der Waals surface area (Å²) in [7, 11) is 3.15. The van der Waals surface area contributed by atoms with Crippen molar-refractivity contribution >= 4 is 11.6 Å². The summed E-state index contributed by atoms with van der Waals surface area (Å²) in [6, 6.07) is 3.36. The van der Waals surface area contributed by atoms with Crippen LogP contribution in [0.1, 0.15) is 18.7 Å². The highest BCUT2D eigenvalue weighted by Gasteiger charge is 2.15. The number of rotatable bonds is 4. The van der Waals surface area contributed by atoms with E-state index in [1.807, 2.05) is 11.5 Å². The average Bonchev–Trinajstić information content (AvgIpc) is 2.87. The highest BCUT2D eigenvalue weighted by Crippen LogP contribution is 2.35. The SMILES string of the molecule is COc1cc(-n2cncc2C(C)N)c(OC)cc1Cl. The van der Waals surface area contributed by atoms with Gasteiger partial charge in [0.2, 0.25) is 0 Å². The number of hydrogen-bond acceptors (Lipinski definition) is 4.